The molecule has 98 valence electrons. The third kappa shape index (κ3) is 3.45. The summed E-state index contributed by atoms with van der Waals surface area (Å²) in [6.07, 6.45) is 1.49. The normalized spacial score (nSPS) is 9.95. The molecular formula is C14H15N3O2. The van der Waals surface area contributed by atoms with Gasteiger partial charge in [-0.2, -0.15) is 0 Å². The number of anilines is 2. The summed E-state index contributed by atoms with van der Waals surface area (Å²) in [5, 5.41) is 2.69. The van der Waals surface area contributed by atoms with E-state index in [1.165, 1.54) is 6.20 Å². The molecule has 19 heavy (non-hydrogen) atoms. The van der Waals surface area contributed by atoms with E-state index in [4.69, 9.17) is 10.5 Å². The lowest BCUT2D eigenvalue weighted by atomic mass is 10.2. The summed E-state index contributed by atoms with van der Waals surface area (Å²) >= 11 is 0. The minimum Gasteiger partial charge on any atom is -0.494 e. The molecule has 0 aliphatic rings. The topological polar surface area (TPSA) is 77.2 Å². The predicted octanol–water partition coefficient (Wildman–Crippen LogP) is 2.31. The molecule has 0 fully saturated rings. The molecule has 0 saturated heterocycles. The quantitative estimate of drug-likeness (QED) is 0.881. The molecule has 2 aromatic rings. The van der Waals surface area contributed by atoms with Crippen LogP contribution >= 0.6 is 0 Å². The molecule has 1 aromatic heterocycles. The maximum Gasteiger partial charge on any atom is 0.256 e. The Bertz CT molecular complexity index is 550. The van der Waals surface area contributed by atoms with Crippen molar-refractivity contribution in [3.8, 4) is 5.75 Å². The van der Waals surface area contributed by atoms with E-state index in [9.17, 15) is 4.79 Å². The van der Waals surface area contributed by atoms with Gasteiger partial charge in [-0.1, -0.05) is 0 Å². The molecule has 1 heterocycles. The van der Waals surface area contributed by atoms with Gasteiger partial charge in [0.25, 0.3) is 5.91 Å². The maximum absolute atomic E-state index is 11.9. The van der Waals surface area contributed by atoms with E-state index >= 15 is 0 Å². The van der Waals surface area contributed by atoms with Crippen LogP contribution in [0.2, 0.25) is 0 Å². The van der Waals surface area contributed by atoms with Gasteiger partial charge in [0.15, 0.2) is 0 Å². The molecule has 5 nitrogen and oxygen atoms in total. The fourth-order valence-corrected chi connectivity index (χ4v) is 1.54. The number of hydrogen-bond acceptors (Lipinski definition) is 4. The number of nitrogens with two attached hydrogens (primary N) is 1. The summed E-state index contributed by atoms with van der Waals surface area (Å²) in [5.41, 5.74) is 6.62. The molecule has 0 atom stereocenters. The van der Waals surface area contributed by atoms with Gasteiger partial charge in [0, 0.05) is 5.56 Å². The molecule has 0 saturated carbocycles. The van der Waals surface area contributed by atoms with Crippen LogP contribution in [-0.4, -0.2) is 17.5 Å². The van der Waals surface area contributed by atoms with Crippen molar-refractivity contribution in [1.29, 1.82) is 0 Å². The lowest BCUT2D eigenvalue weighted by molar-refractivity contribution is 0.102. The molecule has 0 unspecified atom stereocenters. The fourth-order valence-electron chi connectivity index (χ4n) is 1.54. The Kier molecular flexibility index (Phi) is 3.97. The van der Waals surface area contributed by atoms with Crippen LogP contribution in [0.3, 0.4) is 0 Å². The Morgan fingerprint density at radius 3 is 2.58 bits per heavy atom. The lowest BCUT2D eigenvalue weighted by Crippen LogP contribution is -2.12. The molecule has 0 aliphatic heterocycles. The van der Waals surface area contributed by atoms with Crippen LogP contribution in [0.25, 0.3) is 0 Å². The van der Waals surface area contributed by atoms with Crippen molar-refractivity contribution in [3.05, 3.63) is 48.2 Å². The average Bonchev–Trinajstić information content (AvgIpc) is 2.42. The summed E-state index contributed by atoms with van der Waals surface area (Å²) in [5.74, 6) is 0.984. The van der Waals surface area contributed by atoms with Crippen LogP contribution in [-0.2, 0) is 0 Å². The van der Waals surface area contributed by atoms with Crippen molar-refractivity contribution in [3.63, 3.8) is 0 Å². The summed E-state index contributed by atoms with van der Waals surface area (Å²) in [7, 11) is 0. The van der Waals surface area contributed by atoms with E-state index < -0.39 is 0 Å². The first-order valence-corrected chi connectivity index (χ1v) is 5.95. The standard InChI is InChI=1S/C14H15N3O2/c1-2-19-12-6-3-10(4-7-12)14(18)17-13-8-5-11(15)9-16-13/h3-9H,2,15H2,1H3,(H,16,17,18). The summed E-state index contributed by atoms with van der Waals surface area (Å²) < 4.78 is 5.31. The number of nitrogens with zero attached hydrogens (tertiary/aromatic N) is 1. The van der Waals surface area contributed by atoms with Gasteiger partial charge in [0.1, 0.15) is 11.6 Å². The van der Waals surface area contributed by atoms with Crippen molar-refractivity contribution >= 4 is 17.4 Å². The second-order valence-corrected chi connectivity index (χ2v) is 3.89. The SMILES string of the molecule is CCOc1ccc(C(=O)Nc2ccc(N)cn2)cc1. The minimum atomic E-state index is -0.222. The van der Waals surface area contributed by atoms with Crippen molar-refractivity contribution in [1.82, 2.24) is 4.98 Å². The summed E-state index contributed by atoms with van der Waals surface area (Å²) in [6, 6.07) is 10.3. The van der Waals surface area contributed by atoms with E-state index in [-0.39, 0.29) is 5.91 Å². The van der Waals surface area contributed by atoms with Crippen LogP contribution in [0.5, 0.6) is 5.75 Å². The first-order chi connectivity index (χ1) is 9.19. The number of ether oxygens (including phenoxy) is 1. The molecule has 0 aliphatic carbocycles. The van der Waals surface area contributed by atoms with E-state index in [2.05, 4.69) is 10.3 Å². The number of nitrogens with one attached hydrogen (secondary N) is 1. The van der Waals surface area contributed by atoms with Gasteiger partial charge >= 0.3 is 0 Å². The molecule has 1 aromatic carbocycles. The molecule has 3 N–H and O–H groups in total. The Morgan fingerprint density at radius 2 is 2.00 bits per heavy atom. The average molecular weight is 257 g/mol. The number of benzene rings is 1. The molecule has 1 amide bonds. The zero-order valence-corrected chi connectivity index (χ0v) is 10.6. The number of carbonyl (C=O) groups is 1. The Hall–Kier alpha value is -2.56. The maximum atomic E-state index is 11.9. The van der Waals surface area contributed by atoms with Crippen molar-refractivity contribution in [2.45, 2.75) is 6.92 Å². The number of pyridine rings is 1. The molecule has 5 heteroatoms. The van der Waals surface area contributed by atoms with Crippen LogP contribution in [0.1, 0.15) is 17.3 Å². The number of carbonyl (C=O) groups excluding carboxylic acids is 1. The Labute approximate surface area is 111 Å². The van der Waals surface area contributed by atoms with Crippen molar-refractivity contribution in [2.24, 2.45) is 0 Å². The van der Waals surface area contributed by atoms with Gasteiger partial charge in [0.05, 0.1) is 18.5 Å². The number of nitrogen functional groups attached to an aromatic ring is 1. The summed E-state index contributed by atoms with van der Waals surface area (Å²) in [6.45, 7) is 2.51. The van der Waals surface area contributed by atoms with Gasteiger partial charge in [-0.3, -0.25) is 4.79 Å². The highest BCUT2D eigenvalue weighted by Crippen LogP contribution is 2.13. The van der Waals surface area contributed by atoms with E-state index in [0.717, 1.165) is 5.75 Å². The molecule has 0 bridgehead atoms. The molecule has 0 spiro atoms. The zero-order chi connectivity index (χ0) is 13.7. The number of rotatable bonds is 4. The highest BCUT2D eigenvalue weighted by atomic mass is 16.5. The third-order valence-electron chi connectivity index (χ3n) is 2.46. The van der Waals surface area contributed by atoms with Crippen LogP contribution < -0.4 is 15.8 Å². The Morgan fingerprint density at radius 1 is 1.26 bits per heavy atom. The molecule has 2 rings (SSSR count). The molecule has 0 radical (unpaired) electrons. The van der Waals surface area contributed by atoms with Gasteiger partial charge < -0.3 is 15.8 Å². The lowest BCUT2D eigenvalue weighted by Gasteiger charge is -2.06. The van der Waals surface area contributed by atoms with Crippen molar-refractivity contribution < 1.29 is 9.53 Å². The first kappa shape index (κ1) is 12.9. The molecular weight excluding hydrogens is 242 g/mol. The zero-order valence-electron chi connectivity index (χ0n) is 10.6. The number of hydrogen-bond donors (Lipinski definition) is 2. The van der Waals surface area contributed by atoms with Gasteiger partial charge in [-0.25, -0.2) is 4.98 Å². The van der Waals surface area contributed by atoms with Gasteiger partial charge in [-0.05, 0) is 43.3 Å². The fraction of sp³-hybridized carbons (Fsp3) is 0.143. The first-order valence-electron chi connectivity index (χ1n) is 5.95. The number of aromatic nitrogens is 1. The summed E-state index contributed by atoms with van der Waals surface area (Å²) in [4.78, 5) is 16.0. The smallest absolute Gasteiger partial charge is 0.256 e. The van der Waals surface area contributed by atoms with E-state index in [1.807, 2.05) is 6.92 Å². The third-order valence-corrected chi connectivity index (χ3v) is 2.46. The second-order valence-electron chi connectivity index (χ2n) is 3.89. The Balaban J connectivity index is 2.05. The van der Waals surface area contributed by atoms with Crippen LogP contribution in [0.4, 0.5) is 11.5 Å². The van der Waals surface area contributed by atoms with Crippen LogP contribution in [0, 0.1) is 0 Å². The van der Waals surface area contributed by atoms with Crippen molar-refractivity contribution in [2.75, 3.05) is 17.7 Å². The predicted molar refractivity (Wildman–Crippen MR) is 74.2 cm³/mol. The van der Waals surface area contributed by atoms with E-state index in [0.29, 0.717) is 23.7 Å². The monoisotopic (exact) mass is 257 g/mol. The van der Waals surface area contributed by atoms with Crippen LogP contribution in [0.15, 0.2) is 42.6 Å². The highest BCUT2D eigenvalue weighted by Gasteiger charge is 2.06. The largest absolute Gasteiger partial charge is 0.494 e. The van der Waals surface area contributed by atoms with E-state index in [1.54, 1.807) is 36.4 Å². The second kappa shape index (κ2) is 5.86. The van der Waals surface area contributed by atoms with Gasteiger partial charge in [-0.15, -0.1) is 0 Å². The number of amides is 1. The highest BCUT2D eigenvalue weighted by molar-refractivity contribution is 6.03. The minimum absolute atomic E-state index is 0.222. The van der Waals surface area contributed by atoms with Gasteiger partial charge in [0.2, 0.25) is 0 Å².